The van der Waals surface area contributed by atoms with Crippen molar-refractivity contribution in [2.45, 2.75) is 64.0 Å². The summed E-state index contributed by atoms with van der Waals surface area (Å²) in [6, 6.07) is 2.52. The van der Waals surface area contributed by atoms with Gasteiger partial charge in [-0.3, -0.25) is 0 Å². The van der Waals surface area contributed by atoms with Crippen LogP contribution in [0.3, 0.4) is 0 Å². The molecule has 1 nitrogen and oxygen atoms in total. The first-order valence-corrected chi connectivity index (χ1v) is 13.0. The molecular weight excluding hydrogens is 240 g/mol. The van der Waals surface area contributed by atoms with Gasteiger partial charge in [-0.15, -0.1) is 13.2 Å². The fraction of sp³-hybridized carbons (Fsp3) is 0.714. The molecule has 0 aliphatic heterocycles. The topological polar surface area (TPSA) is 9.23 Å². The van der Waals surface area contributed by atoms with Crippen LogP contribution in [-0.4, -0.2) is 16.6 Å². The van der Waals surface area contributed by atoms with E-state index in [2.05, 4.69) is 39.3 Å². The first-order chi connectivity index (χ1) is 7.83. The quantitative estimate of drug-likeness (QED) is 0.295. The lowest BCUT2D eigenvalue weighted by atomic mass is 10.3. The maximum absolute atomic E-state index is 6.53. The predicted molar refractivity (Wildman–Crippen MR) is 84.5 cm³/mol. The molecule has 0 aromatic carbocycles. The summed E-state index contributed by atoms with van der Waals surface area (Å²) < 4.78 is 6.53. The van der Waals surface area contributed by atoms with Crippen molar-refractivity contribution in [3.8, 4) is 0 Å². The van der Waals surface area contributed by atoms with E-state index in [1.54, 1.807) is 0 Å². The van der Waals surface area contributed by atoms with Gasteiger partial charge in [0, 0.05) is 0 Å². The maximum atomic E-state index is 6.53. The van der Waals surface area contributed by atoms with E-state index >= 15 is 0 Å². The maximum Gasteiger partial charge on any atom is 0.173 e. The summed E-state index contributed by atoms with van der Waals surface area (Å²) in [6.07, 6.45) is 8.74. The fourth-order valence-electron chi connectivity index (χ4n) is 2.19. The average molecular weight is 271 g/mol. The van der Waals surface area contributed by atoms with Gasteiger partial charge in [0.1, 0.15) is 0 Å². The Bertz CT molecular complexity index is 210. The van der Waals surface area contributed by atoms with Gasteiger partial charge < -0.3 is 4.12 Å². The van der Waals surface area contributed by atoms with Crippen LogP contribution in [-0.2, 0) is 4.12 Å². The molecule has 17 heavy (non-hydrogen) atoms. The molecule has 0 rings (SSSR count). The zero-order valence-corrected chi connectivity index (χ0v) is 14.2. The Hall–Kier alpha value is -0.126. The summed E-state index contributed by atoms with van der Waals surface area (Å²) in [7, 11) is -2.90. The summed E-state index contributed by atoms with van der Waals surface area (Å²) in [5.41, 5.74) is 0. The van der Waals surface area contributed by atoms with E-state index < -0.39 is 16.6 Å². The molecule has 0 radical (unpaired) electrons. The van der Waals surface area contributed by atoms with Crippen molar-refractivity contribution in [1.29, 1.82) is 0 Å². The molecule has 0 aliphatic carbocycles. The Morgan fingerprint density at radius 3 is 1.47 bits per heavy atom. The molecular formula is C14H30OSi2. The number of allylic oxidation sites excluding steroid dienone is 2. The lowest BCUT2D eigenvalue weighted by Gasteiger charge is -2.34. The van der Waals surface area contributed by atoms with Crippen molar-refractivity contribution < 1.29 is 4.12 Å². The Morgan fingerprint density at radius 1 is 0.824 bits per heavy atom. The van der Waals surface area contributed by atoms with Crippen LogP contribution in [0.25, 0.3) is 0 Å². The summed E-state index contributed by atoms with van der Waals surface area (Å²) in [6.45, 7) is 17.0. The Kier molecular flexibility index (Phi) is 8.00. The van der Waals surface area contributed by atoms with E-state index in [-0.39, 0.29) is 0 Å². The molecule has 0 aromatic rings. The van der Waals surface area contributed by atoms with Gasteiger partial charge in [-0.25, -0.2) is 0 Å². The third-order valence-electron chi connectivity index (χ3n) is 2.93. The minimum Gasteiger partial charge on any atom is -0.455 e. The fourth-order valence-corrected chi connectivity index (χ4v) is 11.1. The molecule has 0 N–H and O–H groups in total. The summed E-state index contributed by atoms with van der Waals surface area (Å²) in [5, 5.41) is 0. The van der Waals surface area contributed by atoms with Gasteiger partial charge >= 0.3 is 0 Å². The molecule has 3 heteroatoms. The van der Waals surface area contributed by atoms with Crippen LogP contribution < -0.4 is 0 Å². The van der Waals surface area contributed by atoms with Crippen LogP contribution in [0.4, 0.5) is 0 Å². The Balaban J connectivity index is 4.07. The summed E-state index contributed by atoms with van der Waals surface area (Å²) in [4.78, 5) is 0. The molecule has 0 bridgehead atoms. The van der Waals surface area contributed by atoms with Crippen molar-refractivity contribution in [3.63, 3.8) is 0 Å². The highest BCUT2D eigenvalue weighted by Crippen LogP contribution is 2.24. The van der Waals surface area contributed by atoms with E-state index in [4.69, 9.17) is 4.12 Å². The second-order valence-corrected chi connectivity index (χ2v) is 14.8. The molecule has 0 saturated carbocycles. The minimum absolute atomic E-state index is 1.12. The highest BCUT2D eigenvalue weighted by Gasteiger charge is 2.31. The van der Waals surface area contributed by atoms with Gasteiger partial charge in [-0.05, 0) is 51.1 Å². The van der Waals surface area contributed by atoms with Crippen molar-refractivity contribution in [2.24, 2.45) is 0 Å². The number of unbranched alkanes of at least 4 members (excludes halogenated alkanes) is 2. The first-order valence-electron chi connectivity index (χ1n) is 6.75. The molecule has 0 fully saturated rings. The summed E-state index contributed by atoms with van der Waals surface area (Å²) in [5.74, 6) is 0. The molecule has 0 aliphatic rings. The van der Waals surface area contributed by atoms with Crippen LogP contribution >= 0.6 is 0 Å². The Labute approximate surface area is 110 Å². The molecule has 0 spiro atoms. The average Bonchev–Trinajstić information content (AvgIpc) is 2.16. The van der Waals surface area contributed by atoms with Crippen molar-refractivity contribution in [2.75, 3.05) is 0 Å². The van der Waals surface area contributed by atoms with Gasteiger partial charge in [-0.2, -0.15) is 0 Å². The van der Waals surface area contributed by atoms with E-state index in [0.29, 0.717) is 0 Å². The lowest BCUT2D eigenvalue weighted by molar-refractivity contribution is 0.531. The molecule has 0 aromatic heterocycles. The molecule has 0 atom stereocenters. The van der Waals surface area contributed by atoms with Crippen molar-refractivity contribution in [3.05, 3.63) is 25.3 Å². The van der Waals surface area contributed by atoms with E-state index in [9.17, 15) is 0 Å². The van der Waals surface area contributed by atoms with Gasteiger partial charge in [-0.1, -0.05) is 25.0 Å². The number of hydrogen-bond acceptors (Lipinski definition) is 1. The van der Waals surface area contributed by atoms with Crippen LogP contribution in [0.1, 0.15) is 25.7 Å². The van der Waals surface area contributed by atoms with Crippen molar-refractivity contribution >= 4 is 16.6 Å². The van der Waals surface area contributed by atoms with E-state index in [1.165, 1.54) is 24.9 Å². The standard InChI is InChI=1S/C14H30OSi2/c1-7-9-11-13-16(3,4)15-17(5,6)14-12-10-8-2/h7-8H,1-2,9-14H2,3-6H3. The van der Waals surface area contributed by atoms with E-state index in [0.717, 1.165) is 12.8 Å². The molecule has 0 unspecified atom stereocenters. The van der Waals surface area contributed by atoms with Gasteiger partial charge in [0.05, 0.1) is 0 Å². The predicted octanol–water partition coefficient (Wildman–Crippen LogP) is 5.35. The molecule has 100 valence electrons. The van der Waals surface area contributed by atoms with Crippen LogP contribution in [0.5, 0.6) is 0 Å². The SMILES string of the molecule is C=CCCC[Si](C)(C)O[Si](C)(C)CCCC=C. The second-order valence-electron chi connectivity index (χ2n) is 5.98. The number of rotatable bonds is 10. The highest BCUT2D eigenvalue weighted by molar-refractivity contribution is 6.84. The van der Waals surface area contributed by atoms with Crippen LogP contribution in [0.15, 0.2) is 25.3 Å². The zero-order chi connectivity index (χ0) is 13.4. The largest absolute Gasteiger partial charge is 0.455 e. The van der Waals surface area contributed by atoms with Gasteiger partial charge in [0.2, 0.25) is 0 Å². The lowest BCUT2D eigenvalue weighted by Crippen LogP contribution is -2.44. The third kappa shape index (κ3) is 9.56. The molecule has 0 heterocycles. The minimum atomic E-state index is -1.45. The normalized spacial score (nSPS) is 12.5. The van der Waals surface area contributed by atoms with Gasteiger partial charge in [0.15, 0.2) is 16.6 Å². The van der Waals surface area contributed by atoms with E-state index in [1.807, 2.05) is 12.2 Å². The van der Waals surface area contributed by atoms with Crippen molar-refractivity contribution in [1.82, 2.24) is 0 Å². The highest BCUT2D eigenvalue weighted by atomic mass is 28.4. The smallest absolute Gasteiger partial charge is 0.173 e. The molecule has 0 saturated heterocycles. The van der Waals surface area contributed by atoms with Crippen LogP contribution in [0.2, 0.25) is 38.3 Å². The zero-order valence-electron chi connectivity index (χ0n) is 12.2. The second kappa shape index (κ2) is 8.06. The molecule has 0 amide bonds. The Morgan fingerprint density at radius 2 is 1.18 bits per heavy atom. The third-order valence-corrected chi connectivity index (χ3v) is 10.5. The van der Waals surface area contributed by atoms with Gasteiger partial charge in [0.25, 0.3) is 0 Å². The number of hydrogen-bond donors (Lipinski definition) is 0. The summed E-state index contributed by atoms with van der Waals surface area (Å²) >= 11 is 0. The van der Waals surface area contributed by atoms with Crippen LogP contribution in [0, 0.1) is 0 Å². The first kappa shape index (κ1) is 16.9. The monoisotopic (exact) mass is 270 g/mol.